The number of sulfonamides is 1. The third kappa shape index (κ3) is 3.46. The van der Waals surface area contributed by atoms with Crippen molar-refractivity contribution in [3.05, 3.63) is 56.3 Å². The van der Waals surface area contributed by atoms with E-state index in [1.165, 1.54) is 20.5 Å². The second-order valence-corrected chi connectivity index (χ2v) is 11.1. The van der Waals surface area contributed by atoms with Gasteiger partial charge in [-0.3, -0.25) is 4.98 Å². The fraction of sp³-hybridized carbons (Fsp3) is 0.167. The van der Waals surface area contributed by atoms with Crippen LogP contribution in [0, 0.1) is 0 Å². The molecule has 1 aliphatic heterocycles. The first-order chi connectivity index (χ1) is 14.0. The summed E-state index contributed by atoms with van der Waals surface area (Å²) in [6.07, 6.45) is 3.99. The lowest BCUT2D eigenvalue weighted by Crippen LogP contribution is -2.35. The maximum absolute atomic E-state index is 13.3. The molecule has 11 heteroatoms. The van der Waals surface area contributed by atoms with E-state index in [-0.39, 0.29) is 16.7 Å². The van der Waals surface area contributed by atoms with Gasteiger partial charge in [0.15, 0.2) is 0 Å². The Bertz CT molecular complexity index is 1290. The van der Waals surface area contributed by atoms with Crippen LogP contribution in [0.15, 0.2) is 55.1 Å². The molecule has 0 atom stereocenters. The third-order valence-electron chi connectivity index (χ3n) is 4.59. The SMILES string of the molecule is O=S(=O)(c1ccsc1-c1nnc(-c2cncc(Br)c2)o1)N1CCc2sccc2C1. The molecular weight excluding hydrogens is 496 g/mol. The van der Waals surface area contributed by atoms with Crippen LogP contribution in [0.3, 0.4) is 0 Å². The molecule has 0 bridgehead atoms. The van der Waals surface area contributed by atoms with Crippen LogP contribution in [-0.4, -0.2) is 34.4 Å². The number of rotatable bonds is 4. The van der Waals surface area contributed by atoms with Crippen molar-refractivity contribution in [1.29, 1.82) is 0 Å². The van der Waals surface area contributed by atoms with Crippen LogP contribution in [-0.2, 0) is 23.0 Å². The summed E-state index contributed by atoms with van der Waals surface area (Å²) in [5.74, 6) is 0.466. The summed E-state index contributed by atoms with van der Waals surface area (Å²) in [6, 6.07) is 5.40. The van der Waals surface area contributed by atoms with Gasteiger partial charge in [-0.1, -0.05) is 0 Å². The zero-order valence-corrected chi connectivity index (χ0v) is 18.8. The molecule has 1 aliphatic rings. The van der Waals surface area contributed by atoms with Crippen molar-refractivity contribution in [3.63, 3.8) is 0 Å². The smallest absolute Gasteiger partial charge is 0.259 e. The minimum atomic E-state index is -3.68. The lowest BCUT2D eigenvalue weighted by atomic mass is 10.1. The summed E-state index contributed by atoms with van der Waals surface area (Å²) < 4.78 is 34.7. The monoisotopic (exact) mass is 508 g/mol. The highest BCUT2D eigenvalue weighted by molar-refractivity contribution is 9.10. The first-order valence-corrected chi connectivity index (χ1v) is 12.6. The summed E-state index contributed by atoms with van der Waals surface area (Å²) in [5, 5.41) is 11.9. The largest absolute Gasteiger partial charge is 0.415 e. The molecule has 4 aromatic heterocycles. The minimum absolute atomic E-state index is 0.182. The molecule has 0 saturated carbocycles. The lowest BCUT2D eigenvalue weighted by Gasteiger charge is -2.26. The van der Waals surface area contributed by atoms with Crippen LogP contribution >= 0.6 is 38.6 Å². The molecule has 0 amide bonds. The molecule has 0 radical (unpaired) electrons. The molecule has 4 aromatic rings. The van der Waals surface area contributed by atoms with E-state index >= 15 is 0 Å². The van der Waals surface area contributed by atoms with Crippen molar-refractivity contribution >= 4 is 48.6 Å². The molecule has 0 aliphatic carbocycles. The van der Waals surface area contributed by atoms with Gasteiger partial charge in [0.2, 0.25) is 15.9 Å². The maximum atomic E-state index is 13.3. The van der Waals surface area contributed by atoms with Crippen LogP contribution in [0.4, 0.5) is 0 Å². The van der Waals surface area contributed by atoms with Crippen LogP contribution in [0.25, 0.3) is 22.2 Å². The zero-order chi connectivity index (χ0) is 20.0. The Morgan fingerprint density at radius 2 is 1.93 bits per heavy atom. The van der Waals surface area contributed by atoms with E-state index in [0.717, 1.165) is 16.5 Å². The predicted molar refractivity (Wildman–Crippen MR) is 114 cm³/mol. The number of nitrogens with zero attached hydrogens (tertiary/aromatic N) is 4. The molecule has 0 aromatic carbocycles. The fourth-order valence-corrected chi connectivity index (χ4v) is 7.17. The third-order valence-corrected chi connectivity index (χ3v) is 8.97. The van der Waals surface area contributed by atoms with E-state index in [2.05, 4.69) is 31.1 Å². The standard InChI is InChI=1S/C18H13BrN4O3S3/c19-13-7-12(8-20-9-13)17-21-22-18(26-17)16-15(3-6-28-16)29(24,25)23-4-1-14-11(10-23)2-5-27-14/h2-3,5-9H,1,4,10H2. The van der Waals surface area contributed by atoms with Gasteiger partial charge in [0.05, 0.1) is 5.56 Å². The molecule has 0 fully saturated rings. The summed E-state index contributed by atoms with van der Waals surface area (Å²) in [7, 11) is -3.68. The van der Waals surface area contributed by atoms with Crippen molar-refractivity contribution in [2.75, 3.05) is 6.54 Å². The Morgan fingerprint density at radius 1 is 1.10 bits per heavy atom. The van der Waals surface area contributed by atoms with Gasteiger partial charge >= 0.3 is 0 Å². The Morgan fingerprint density at radius 3 is 2.79 bits per heavy atom. The highest BCUT2D eigenvalue weighted by Crippen LogP contribution is 2.37. The summed E-state index contributed by atoms with van der Waals surface area (Å²) in [4.78, 5) is 5.99. The van der Waals surface area contributed by atoms with Crippen LogP contribution in [0.5, 0.6) is 0 Å². The molecule has 148 valence electrons. The van der Waals surface area contributed by atoms with Gasteiger partial charge in [-0.2, -0.15) is 4.31 Å². The summed E-state index contributed by atoms with van der Waals surface area (Å²) in [5.41, 5.74) is 1.73. The average Bonchev–Trinajstić information content (AvgIpc) is 3.46. The van der Waals surface area contributed by atoms with Crippen LogP contribution in [0.2, 0.25) is 0 Å². The van der Waals surface area contributed by atoms with E-state index in [0.29, 0.717) is 23.5 Å². The second kappa shape index (κ2) is 7.40. The van der Waals surface area contributed by atoms with E-state index < -0.39 is 10.0 Å². The van der Waals surface area contributed by atoms with Gasteiger partial charge in [0.1, 0.15) is 9.77 Å². The van der Waals surface area contributed by atoms with Gasteiger partial charge < -0.3 is 4.42 Å². The van der Waals surface area contributed by atoms with E-state index in [1.54, 1.807) is 35.2 Å². The van der Waals surface area contributed by atoms with Gasteiger partial charge in [0.25, 0.3) is 5.89 Å². The quantitative estimate of drug-likeness (QED) is 0.405. The van der Waals surface area contributed by atoms with Crippen molar-refractivity contribution in [1.82, 2.24) is 19.5 Å². The van der Waals surface area contributed by atoms with Gasteiger partial charge in [-0.05, 0) is 56.9 Å². The second-order valence-electron chi connectivity index (χ2n) is 6.38. The van der Waals surface area contributed by atoms with Crippen LogP contribution < -0.4 is 0 Å². The number of hydrogen-bond acceptors (Lipinski definition) is 8. The molecule has 7 nitrogen and oxygen atoms in total. The van der Waals surface area contributed by atoms with Gasteiger partial charge in [-0.15, -0.1) is 32.9 Å². The summed E-state index contributed by atoms with van der Waals surface area (Å²) >= 11 is 6.30. The topological polar surface area (TPSA) is 89.2 Å². The molecule has 0 N–H and O–H groups in total. The van der Waals surface area contributed by atoms with Crippen molar-refractivity contribution in [2.24, 2.45) is 0 Å². The van der Waals surface area contributed by atoms with Crippen LogP contribution in [0.1, 0.15) is 10.4 Å². The van der Waals surface area contributed by atoms with Crippen molar-refractivity contribution in [3.8, 4) is 22.2 Å². The molecule has 29 heavy (non-hydrogen) atoms. The molecule has 0 saturated heterocycles. The van der Waals surface area contributed by atoms with E-state index in [9.17, 15) is 8.42 Å². The minimum Gasteiger partial charge on any atom is -0.415 e. The Kier molecular flexibility index (Phi) is 4.87. The number of thiophene rings is 2. The highest BCUT2D eigenvalue weighted by Gasteiger charge is 2.32. The number of fused-ring (bicyclic) bond motifs is 1. The fourth-order valence-electron chi connectivity index (χ4n) is 3.18. The first-order valence-electron chi connectivity index (χ1n) is 8.60. The Hall–Kier alpha value is -1.92. The lowest BCUT2D eigenvalue weighted by molar-refractivity contribution is 0.394. The van der Waals surface area contributed by atoms with Crippen molar-refractivity contribution in [2.45, 2.75) is 17.9 Å². The average molecular weight is 509 g/mol. The number of aromatic nitrogens is 3. The normalized spacial score (nSPS) is 14.8. The molecule has 5 heterocycles. The van der Waals surface area contributed by atoms with Gasteiger partial charge in [0, 0.05) is 34.8 Å². The predicted octanol–water partition coefficient (Wildman–Crippen LogP) is 4.43. The molecule has 0 unspecified atom stereocenters. The molecular formula is C18H13BrN4O3S3. The Balaban J connectivity index is 1.49. The molecule has 5 rings (SSSR count). The number of halogens is 1. The maximum Gasteiger partial charge on any atom is 0.259 e. The first kappa shape index (κ1) is 19.1. The Labute approximate surface area is 183 Å². The summed E-state index contributed by atoms with van der Waals surface area (Å²) in [6.45, 7) is 0.846. The molecule has 0 spiro atoms. The van der Waals surface area contributed by atoms with Crippen molar-refractivity contribution < 1.29 is 12.8 Å². The highest BCUT2D eigenvalue weighted by atomic mass is 79.9. The van der Waals surface area contributed by atoms with Gasteiger partial charge in [-0.25, -0.2) is 8.42 Å². The number of hydrogen-bond donors (Lipinski definition) is 0. The van der Waals surface area contributed by atoms with E-state index in [1.807, 2.05) is 17.5 Å². The van der Waals surface area contributed by atoms with E-state index in [4.69, 9.17) is 4.42 Å². The number of pyridine rings is 1. The zero-order valence-electron chi connectivity index (χ0n) is 14.8.